The first-order valence-corrected chi connectivity index (χ1v) is 15.8. The number of aliphatic hydroxyl groups is 1. The first kappa shape index (κ1) is 30.8. The number of rotatable bonds is 11. The fourth-order valence-corrected chi connectivity index (χ4v) is 7.26. The molecule has 4 N–H and O–H groups in total. The van der Waals surface area contributed by atoms with Crippen molar-refractivity contribution in [3.63, 3.8) is 0 Å². The largest absolute Gasteiger partial charge is 0.377 e. The Bertz CT molecular complexity index is 1400. The topological polar surface area (TPSA) is 113 Å². The number of benzene rings is 3. The van der Waals surface area contributed by atoms with Gasteiger partial charge >= 0.3 is 0 Å². The molecule has 0 spiro atoms. The predicted octanol–water partition coefficient (Wildman–Crippen LogP) is 4.66. The van der Waals surface area contributed by atoms with Gasteiger partial charge < -0.3 is 16.2 Å². The number of likely N-dealkylation sites (N-methyl/N-ethyl adjacent to an activating group) is 1. The fraction of sp³-hybridized carbons (Fsp3) is 0.406. The van der Waals surface area contributed by atoms with Gasteiger partial charge in [0.25, 0.3) is 0 Å². The monoisotopic (exact) mass is 581 g/mol. The Balaban J connectivity index is 1.30. The van der Waals surface area contributed by atoms with E-state index in [2.05, 4.69) is 11.4 Å². The quantitative estimate of drug-likeness (QED) is 0.284. The van der Waals surface area contributed by atoms with Crippen LogP contribution in [0.25, 0.3) is 11.1 Å². The molecule has 0 aliphatic heterocycles. The van der Waals surface area contributed by atoms with Gasteiger partial charge in [-0.15, -0.1) is 0 Å². The number of sulfone groups is 1. The molecule has 0 heterocycles. The molecule has 2 unspecified atom stereocenters. The van der Waals surface area contributed by atoms with Crippen molar-refractivity contribution in [2.75, 3.05) is 19.3 Å². The van der Waals surface area contributed by atoms with Crippen LogP contribution in [0.5, 0.6) is 0 Å². The maximum atomic E-state index is 13.2. The van der Waals surface area contributed by atoms with Gasteiger partial charge in [-0.3, -0.25) is 9.69 Å². The van der Waals surface area contributed by atoms with E-state index in [0.29, 0.717) is 43.7 Å². The number of nitrogens with zero attached hydrogens (tertiary/aromatic N) is 1. The molecular formula is C32H40FN3O4S. The molecule has 0 radical (unpaired) electrons. The minimum atomic E-state index is -3.46. The molecule has 1 saturated carbocycles. The Morgan fingerprint density at radius 2 is 1.68 bits per heavy atom. The van der Waals surface area contributed by atoms with Crippen LogP contribution in [0.1, 0.15) is 49.8 Å². The first-order valence-electron chi connectivity index (χ1n) is 14.1. The smallest absolute Gasteiger partial charge is 0.223 e. The fourth-order valence-electron chi connectivity index (χ4n) is 5.56. The number of hydrogen-bond donors (Lipinski definition) is 3. The van der Waals surface area contributed by atoms with Gasteiger partial charge in [0.15, 0.2) is 9.84 Å². The third-order valence-corrected chi connectivity index (χ3v) is 9.73. The molecule has 1 aliphatic rings. The molecule has 0 saturated heterocycles. The van der Waals surface area contributed by atoms with Gasteiger partial charge in [-0.2, -0.15) is 0 Å². The molecule has 3 aromatic carbocycles. The van der Waals surface area contributed by atoms with Gasteiger partial charge in [0.05, 0.1) is 16.7 Å². The third-order valence-electron chi connectivity index (χ3n) is 7.83. The highest BCUT2D eigenvalue weighted by Gasteiger charge is 2.30. The van der Waals surface area contributed by atoms with Crippen LogP contribution >= 0.6 is 0 Å². The zero-order valence-corrected chi connectivity index (χ0v) is 24.5. The van der Waals surface area contributed by atoms with Gasteiger partial charge in [0, 0.05) is 19.0 Å². The Morgan fingerprint density at radius 1 is 1.02 bits per heavy atom. The van der Waals surface area contributed by atoms with Crippen LogP contribution in [-0.4, -0.2) is 49.9 Å². The van der Waals surface area contributed by atoms with E-state index < -0.39 is 16.1 Å². The lowest BCUT2D eigenvalue weighted by Gasteiger charge is -2.28. The van der Waals surface area contributed by atoms with Crippen molar-refractivity contribution in [2.24, 2.45) is 17.6 Å². The standard InChI is InChI=1S/C32H40FN3O4S/c1-22(25-10-14-29(33)15-11-25)35-32(38)27-8-6-23(7-9-27)21-41(39,40)30-16-12-26(13-17-30)28-5-3-4-24(18-28)19-36(2)20-31(34)37/h3-5,10-18,22-23,27,31,37H,6-9,19-21,34H2,1-2H3,(H,35,38). The third kappa shape index (κ3) is 8.69. The molecule has 1 fully saturated rings. The maximum Gasteiger partial charge on any atom is 0.223 e. The van der Waals surface area contributed by atoms with Crippen molar-refractivity contribution in [3.05, 3.63) is 89.7 Å². The molecule has 9 heteroatoms. The summed E-state index contributed by atoms with van der Waals surface area (Å²) in [6, 6.07) is 20.9. The second-order valence-electron chi connectivity index (χ2n) is 11.3. The number of carbonyl (C=O) groups excluding carboxylic acids is 1. The highest BCUT2D eigenvalue weighted by Crippen LogP contribution is 2.32. The average molecular weight is 582 g/mol. The molecule has 7 nitrogen and oxygen atoms in total. The molecular weight excluding hydrogens is 541 g/mol. The molecule has 220 valence electrons. The van der Waals surface area contributed by atoms with Gasteiger partial charge in [-0.05, 0) is 98.2 Å². The highest BCUT2D eigenvalue weighted by molar-refractivity contribution is 7.91. The molecule has 0 aromatic heterocycles. The van der Waals surface area contributed by atoms with Crippen LogP contribution in [0.15, 0.2) is 77.7 Å². The Labute approximate surface area is 242 Å². The molecule has 4 rings (SSSR count). The van der Waals surface area contributed by atoms with Crippen molar-refractivity contribution in [1.82, 2.24) is 10.2 Å². The van der Waals surface area contributed by atoms with E-state index in [9.17, 15) is 22.7 Å². The van der Waals surface area contributed by atoms with Crippen LogP contribution in [0.3, 0.4) is 0 Å². The Kier molecular flexibility index (Phi) is 10.3. The number of halogens is 1. The van der Waals surface area contributed by atoms with E-state index >= 15 is 0 Å². The van der Waals surface area contributed by atoms with Crippen LogP contribution in [0, 0.1) is 17.7 Å². The Morgan fingerprint density at radius 3 is 2.32 bits per heavy atom. The zero-order valence-electron chi connectivity index (χ0n) is 23.7. The molecule has 3 aromatic rings. The van der Waals surface area contributed by atoms with Gasteiger partial charge in [0.2, 0.25) is 5.91 Å². The number of nitrogens with one attached hydrogen (secondary N) is 1. The number of nitrogens with two attached hydrogens (primary N) is 1. The van der Waals surface area contributed by atoms with Gasteiger partial charge in [-0.25, -0.2) is 12.8 Å². The molecule has 1 amide bonds. The molecule has 0 bridgehead atoms. The zero-order chi connectivity index (χ0) is 29.6. The second-order valence-corrected chi connectivity index (χ2v) is 13.3. The number of carbonyl (C=O) groups is 1. The van der Waals surface area contributed by atoms with E-state index in [1.54, 1.807) is 24.3 Å². The van der Waals surface area contributed by atoms with Gasteiger partial charge in [0.1, 0.15) is 12.0 Å². The summed E-state index contributed by atoms with van der Waals surface area (Å²) < 4.78 is 39.6. The Hall–Kier alpha value is -3.11. The van der Waals surface area contributed by atoms with Gasteiger partial charge in [-0.1, -0.05) is 42.5 Å². The molecule has 1 aliphatic carbocycles. The summed E-state index contributed by atoms with van der Waals surface area (Å²) in [4.78, 5) is 15.1. The maximum absolute atomic E-state index is 13.2. The summed E-state index contributed by atoms with van der Waals surface area (Å²) in [6.45, 7) is 2.87. The first-order chi connectivity index (χ1) is 19.5. The summed E-state index contributed by atoms with van der Waals surface area (Å²) in [5.74, 6) is -0.411. The lowest BCUT2D eigenvalue weighted by molar-refractivity contribution is -0.126. The summed E-state index contributed by atoms with van der Waals surface area (Å²) in [5.41, 5.74) is 9.29. The average Bonchev–Trinajstić information content (AvgIpc) is 2.93. The number of amides is 1. The summed E-state index contributed by atoms with van der Waals surface area (Å²) >= 11 is 0. The number of aliphatic hydroxyl groups excluding tert-OH is 1. The van der Waals surface area contributed by atoms with Crippen LogP contribution in [0.2, 0.25) is 0 Å². The normalized spacial score (nSPS) is 19.1. The minimum absolute atomic E-state index is 0.0129. The molecule has 41 heavy (non-hydrogen) atoms. The predicted molar refractivity (Wildman–Crippen MR) is 159 cm³/mol. The number of hydrogen-bond acceptors (Lipinski definition) is 6. The van der Waals surface area contributed by atoms with E-state index in [1.165, 1.54) is 12.1 Å². The van der Waals surface area contributed by atoms with Crippen molar-refractivity contribution in [1.29, 1.82) is 0 Å². The lowest BCUT2D eigenvalue weighted by Crippen LogP contribution is -2.35. The van der Waals surface area contributed by atoms with Crippen molar-refractivity contribution >= 4 is 15.7 Å². The molecule has 2 atom stereocenters. The summed E-state index contributed by atoms with van der Waals surface area (Å²) in [5, 5.41) is 12.4. The van der Waals surface area contributed by atoms with Crippen LogP contribution < -0.4 is 11.1 Å². The summed E-state index contributed by atoms with van der Waals surface area (Å²) in [7, 11) is -1.57. The van der Waals surface area contributed by atoms with Crippen LogP contribution in [-0.2, 0) is 21.2 Å². The minimum Gasteiger partial charge on any atom is -0.377 e. The SMILES string of the molecule is CC(NC(=O)C1CCC(CS(=O)(=O)c2ccc(-c3cccc(CN(C)CC(N)O)c3)cc2)CC1)c1ccc(F)cc1. The highest BCUT2D eigenvalue weighted by atomic mass is 32.2. The second kappa shape index (κ2) is 13.7. The van der Waals surface area contributed by atoms with E-state index in [-0.39, 0.29) is 35.4 Å². The summed E-state index contributed by atoms with van der Waals surface area (Å²) in [6.07, 6.45) is 1.77. The lowest BCUT2D eigenvalue weighted by atomic mass is 9.82. The van der Waals surface area contributed by atoms with E-state index in [1.807, 2.05) is 49.2 Å². The van der Waals surface area contributed by atoms with Crippen molar-refractivity contribution in [3.8, 4) is 11.1 Å². The van der Waals surface area contributed by atoms with E-state index in [4.69, 9.17) is 5.73 Å². The van der Waals surface area contributed by atoms with Crippen molar-refractivity contribution < 1.29 is 22.7 Å². The van der Waals surface area contributed by atoms with Crippen molar-refractivity contribution in [2.45, 2.75) is 56.3 Å². The van der Waals surface area contributed by atoms with Crippen LogP contribution in [0.4, 0.5) is 4.39 Å². The van der Waals surface area contributed by atoms with E-state index in [0.717, 1.165) is 22.3 Å².